The molecule has 0 N–H and O–H groups in total. The minimum Gasteiger partial charge on any atom is -0.224 e. The van der Waals surface area contributed by atoms with Gasteiger partial charge in [0.1, 0.15) is 0 Å². The Kier molecular flexibility index (Phi) is 3.90. The zero-order valence-electron chi connectivity index (χ0n) is 9.55. The summed E-state index contributed by atoms with van der Waals surface area (Å²) in [6, 6.07) is 0. The van der Waals surface area contributed by atoms with Crippen LogP contribution in [0.2, 0.25) is 0 Å². The molecule has 0 aromatic carbocycles. The van der Waals surface area contributed by atoms with Crippen molar-refractivity contribution in [3.8, 4) is 0 Å². The highest BCUT2D eigenvalue weighted by Gasteiger charge is 2.26. The van der Waals surface area contributed by atoms with Gasteiger partial charge in [-0.1, -0.05) is 38.7 Å². The summed E-state index contributed by atoms with van der Waals surface area (Å²) in [7, 11) is -0.363. The molecule has 1 heteroatoms. The van der Waals surface area contributed by atoms with Gasteiger partial charge in [0.25, 0.3) is 0 Å². The summed E-state index contributed by atoms with van der Waals surface area (Å²) < 4.78 is 0. The summed E-state index contributed by atoms with van der Waals surface area (Å²) in [5, 5.41) is 2.53. The molecule has 1 rings (SSSR count). The fraction of sp³-hybridized carbons (Fsp3) is 0.833. The van der Waals surface area contributed by atoms with E-state index in [0.29, 0.717) is 0 Å². The highest BCUT2D eigenvalue weighted by atomic mass is 32.3. The van der Waals surface area contributed by atoms with Crippen LogP contribution in [0.25, 0.3) is 0 Å². The van der Waals surface area contributed by atoms with Crippen molar-refractivity contribution in [2.24, 2.45) is 11.8 Å². The number of allylic oxidation sites excluding steroid dienone is 1. The van der Waals surface area contributed by atoms with Crippen molar-refractivity contribution < 1.29 is 0 Å². The minimum atomic E-state index is -0.363. The van der Waals surface area contributed by atoms with Gasteiger partial charge in [-0.3, -0.25) is 0 Å². The van der Waals surface area contributed by atoms with Gasteiger partial charge >= 0.3 is 0 Å². The quantitative estimate of drug-likeness (QED) is 0.645. The topological polar surface area (TPSA) is 0 Å². The second-order valence-electron chi connectivity index (χ2n) is 4.54. The molecular formula is C12H24S. The lowest BCUT2D eigenvalue weighted by atomic mass is 9.91. The predicted molar refractivity (Wildman–Crippen MR) is 65.6 cm³/mol. The standard InChI is InChI=1S/C12H24S/c1-5-7-12-10-13(4,6-2)9-8-11(12)3/h8-9,11-12H,5-7,10H2,1-4H3. The second-order valence-corrected chi connectivity index (χ2v) is 8.43. The Balaban J connectivity index is 2.64. The van der Waals surface area contributed by atoms with E-state index >= 15 is 0 Å². The van der Waals surface area contributed by atoms with Crippen LogP contribution in [0.15, 0.2) is 11.5 Å². The van der Waals surface area contributed by atoms with Gasteiger partial charge in [0.05, 0.1) is 0 Å². The average molecular weight is 200 g/mol. The summed E-state index contributed by atoms with van der Waals surface area (Å²) in [4.78, 5) is 0. The summed E-state index contributed by atoms with van der Waals surface area (Å²) in [5.74, 6) is 4.65. The molecule has 0 saturated heterocycles. The molecule has 78 valence electrons. The van der Waals surface area contributed by atoms with Crippen LogP contribution in [0.3, 0.4) is 0 Å². The smallest absolute Gasteiger partial charge is 0.0162 e. The van der Waals surface area contributed by atoms with Crippen LogP contribution in [0.1, 0.15) is 33.6 Å². The van der Waals surface area contributed by atoms with E-state index in [4.69, 9.17) is 0 Å². The number of rotatable bonds is 3. The Hall–Kier alpha value is 0.0900. The zero-order chi connectivity index (χ0) is 9.90. The molecule has 3 atom stereocenters. The SMILES string of the molecule is CCCC1CS(C)(CC)C=CC1C. The monoisotopic (exact) mass is 200 g/mol. The molecule has 1 heterocycles. The summed E-state index contributed by atoms with van der Waals surface area (Å²) in [6.45, 7) is 7.04. The molecule has 0 spiro atoms. The maximum absolute atomic E-state index is 2.53. The third-order valence-corrected chi connectivity index (χ3v) is 6.69. The minimum absolute atomic E-state index is 0.363. The third-order valence-electron chi connectivity index (χ3n) is 3.37. The highest BCUT2D eigenvalue weighted by Crippen LogP contribution is 2.52. The summed E-state index contributed by atoms with van der Waals surface area (Å²) in [6.07, 6.45) is 7.73. The van der Waals surface area contributed by atoms with E-state index in [9.17, 15) is 0 Å². The predicted octanol–water partition coefficient (Wildman–Crippen LogP) is 4.02. The van der Waals surface area contributed by atoms with Gasteiger partial charge in [-0.05, 0) is 36.0 Å². The second kappa shape index (κ2) is 4.54. The van der Waals surface area contributed by atoms with Crippen LogP contribution in [-0.4, -0.2) is 17.8 Å². The van der Waals surface area contributed by atoms with Crippen LogP contribution >= 0.6 is 10.0 Å². The normalized spacial score (nSPS) is 44.3. The highest BCUT2D eigenvalue weighted by molar-refractivity contribution is 8.35. The van der Waals surface area contributed by atoms with Crippen molar-refractivity contribution in [2.45, 2.75) is 33.6 Å². The number of hydrogen-bond acceptors (Lipinski definition) is 0. The van der Waals surface area contributed by atoms with Crippen LogP contribution in [-0.2, 0) is 0 Å². The first-order chi connectivity index (χ1) is 6.11. The first-order valence-corrected chi connectivity index (χ1v) is 7.97. The van der Waals surface area contributed by atoms with Crippen LogP contribution in [0, 0.1) is 11.8 Å². The van der Waals surface area contributed by atoms with Crippen molar-refractivity contribution >= 4 is 10.0 Å². The van der Waals surface area contributed by atoms with E-state index in [1.165, 1.54) is 24.3 Å². The van der Waals surface area contributed by atoms with Gasteiger partial charge in [-0.25, -0.2) is 10.0 Å². The van der Waals surface area contributed by atoms with Crippen molar-refractivity contribution in [3.63, 3.8) is 0 Å². The van der Waals surface area contributed by atoms with E-state index in [2.05, 4.69) is 38.5 Å². The molecule has 0 saturated carbocycles. The molecule has 0 amide bonds. The van der Waals surface area contributed by atoms with Gasteiger partial charge in [0.2, 0.25) is 0 Å². The van der Waals surface area contributed by atoms with E-state index in [0.717, 1.165) is 11.8 Å². The zero-order valence-corrected chi connectivity index (χ0v) is 10.4. The molecule has 1 aliphatic heterocycles. The van der Waals surface area contributed by atoms with E-state index in [-0.39, 0.29) is 10.0 Å². The van der Waals surface area contributed by atoms with Gasteiger partial charge in [-0.15, -0.1) is 0 Å². The third kappa shape index (κ3) is 2.77. The molecule has 0 nitrogen and oxygen atoms in total. The van der Waals surface area contributed by atoms with E-state index in [1.54, 1.807) is 0 Å². The Bertz CT molecular complexity index is 186. The molecule has 3 unspecified atom stereocenters. The molecule has 0 aromatic rings. The fourth-order valence-corrected chi connectivity index (χ4v) is 4.71. The van der Waals surface area contributed by atoms with E-state index < -0.39 is 0 Å². The summed E-state index contributed by atoms with van der Waals surface area (Å²) >= 11 is 0. The van der Waals surface area contributed by atoms with E-state index in [1.807, 2.05) is 0 Å². The Morgan fingerprint density at radius 1 is 1.38 bits per heavy atom. The van der Waals surface area contributed by atoms with Crippen molar-refractivity contribution in [3.05, 3.63) is 11.5 Å². The maximum atomic E-state index is 2.53. The lowest BCUT2D eigenvalue weighted by molar-refractivity contribution is 0.426. The summed E-state index contributed by atoms with van der Waals surface area (Å²) in [5.41, 5.74) is 0. The largest absolute Gasteiger partial charge is 0.224 e. The molecule has 13 heavy (non-hydrogen) atoms. The molecule has 0 bridgehead atoms. The van der Waals surface area contributed by atoms with Gasteiger partial charge in [0.15, 0.2) is 0 Å². The molecular weight excluding hydrogens is 176 g/mol. The lowest BCUT2D eigenvalue weighted by Crippen LogP contribution is -2.23. The van der Waals surface area contributed by atoms with Crippen molar-refractivity contribution in [1.82, 2.24) is 0 Å². The molecule has 0 aliphatic carbocycles. The van der Waals surface area contributed by atoms with Crippen LogP contribution in [0.5, 0.6) is 0 Å². The molecule has 0 aromatic heterocycles. The first kappa shape index (κ1) is 11.2. The van der Waals surface area contributed by atoms with Gasteiger partial charge < -0.3 is 0 Å². The number of hydrogen-bond donors (Lipinski definition) is 0. The molecule has 1 aliphatic rings. The van der Waals surface area contributed by atoms with Gasteiger partial charge in [0, 0.05) is 0 Å². The fourth-order valence-electron chi connectivity index (χ4n) is 2.10. The van der Waals surface area contributed by atoms with Gasteiger partial charge in [-0.2, -0.15) is 0 Å². The Morgan fingerprint density at radius 3 is 2.62 bits per heavy atom. The molecule has 0 fully saturated rings. The average Bonchev–Trinajstić information content (AvgIpc) is 2.12. The first-order valence-electron chi connectivity index (χ1n) is 5.53. The van der Waals surface area contributed by atoms with Crippen molar-refractivity contribution in [1.29, 1.82) is 0 Å². The molecule has 0 radical (unpaired) electrons. The van der Waals surface area contributed by atoms with Crippen LogP contribution in [0.4, 0.5) is 0 Å². The van der Waals surface area contributed by atoms with Crippen LogP contribution < -0.4 is 0 Å². The Morgan fingerprint density at radius 2 is 2.08 bits per heavy atom. The Labute approximate surface area is 85.1 Å². The van der Waals surface area contributed by atoms with Crippen molar-refractivity contribution in [2.75, 3.05) is 17.8 Å². The maximum Gasteiger partial charge on any atom is -0.0162 e. The lowest BCUT2D eigenvalue weighted by Gasteiger charge is -2.41.